The normalized spacial score (nSPS) is 9.41. The number of rotatable bonds is 7. The topological polar surface area (TPSA) is 136 Å². The number of amides is 1. The minimum absolute atomic E-state index is 0.102. The number of hydrogen-bond acceptors (Lipinski definition) is 6. The van der Waals surface area contributed by atoms with Crippen LogP contribution in [0, 0.1) is 0 Å². The van der Waals surface area contributed by atoms with Gasteiger partial charge in [0.25, 0.3) is 18.9 Å². The van der Waals surface area contributed by atoms with E-state index >= 15 is 0 Å². The third-order valence-electron chi connectivity index (χ3n) is 3.41. The molecule has 0 fully saturated rings. The number of halogens is 1. The molecule has 0 saturated carbocycles. The molecule has 10 nitrogen and oxygen atoms in total. The van der Waals surface area contributed by atoms with Gasteiger partial charge >= 0.3 is 0 Å². The number of imidazole rings is 1. The molecule has 0 aliphatic rings. The fraction of sp³-hybridized carbons (Fsp3) is 0.333. The smallest absolute Gasteiger partial charge is 0.290 e. The molecule has 2 aromatic rings. The predicted octanol–water partition coefficient (Wildman–Crippen LogP) is 1.68. The van der Waals surface area contributed by atoms with Gasteiger partial charge in [-0.05, 0) is 32.3 Å². The maximum absolute atomic E-state index is 12.9. The number of aromatic amines is 1. The van der Waals surface area contributed by atoms with Crippen molar-refractivity contribution in [1.82, 2.24) is 19.8 Å². The lowest BCUT2D eigenvalue weighted by Crippen LogP contribution is -2.36. The molecule has 1 heterocycles. The maximum Gasteiger partial charge on any atom is 0.290 e. The van der Waals surface area contributed by atoms with E-state index in [1.807, 2.05) is 19.0 Å². The standard InChI is InChI=1S/C16H21ClN4O2.2CH2O2/c1-20(2)6-7-21(10-13-9-18-11-19-13)16(22)14-5-4-12(17)8-15(14)23-3;2*2-1-3/h4-5,8-9,11H,6-7,10H2,1-3H3,(H,18,19);2*1H,(H,2,3). The molecule has 2 rings (SSSR count). The zero-order chi connectivity index (χ0) is 22.2. The van der Waals surface area contributed by atoms with Gasteiger partial charge in [0.05, 0.1) is 31.2 Å². The zero-order valence-electron chi connectivity index (χ0n) is 16.4. The van der Waals surface area contributed by atoms with E-state index in [-0.39, 0.29) is 18.9 Å². The number of carbonyl (C=O) groups excluding carboxylic acids is 1. The maximum atomic E-state index is 12.9. The van der Waals surface area contributed by atoms with E-state index in [1.54, 1.807) is 35.6 Å². The van der Waals surface area contributed by atoms with Crippen molar-refractivity contribution in [1.29, 1.82) is 0 Å². The summed E-state index contributed by atoms with van der Waals surface area (Å²) in [7, 11) is 5.48. The Bertz CT molecular complexity index is 734. The molecule has 0 atom stereocenters. The average Bonchev–Trinajstić information content (AvgIpc) is 3.18. The monoisotopic (exact) mass is 428 g/mol. The highest BCUT2D eigenvalue weighted by Gasteiger charge is 2.20. The molecule has 0 radical (unpaired) electrons. The molecule has 0 aliphatic carbocycles. The number of carboxylic acid groups (broad SMARTS) is 2. The Morgan fingerprint density at radius 2 is 1.86 bits per heavy atom. The number of nitrogens with one attached hydrogen (secondary N) is 1. The highest BCUT2D eigenvalue weighted by Crippen LogP contribution is 2.24. The van der Waals surface area contributed by atoms with Crippen LogP contribution in [-0.4, -0.2) is 83.1 Å². The highest BCUT2D eigenvalue weighted by atomic mass is 35.5. The van der Waals surface area contributed by atoms with Gasteiger partial charge < -0.3 is 29.7 Å². The molecule has 160 valence electrons. The van der Waals surface area contributed by atoms with Crippen molar-refractivity contribution in [2.75, 3.05) is 34.3 Å². The van der Waals surface area contributed by atoms with E-state index in [9.17, 15) is 4.79 Å². The van der Waals surface area contributed by atoms with Crippen molar-refractivity contribution in [3.05, 3.63) is 47.0 Å². The minimum Gasteiger partial charge on any atom is -0.496 e. The van der Waals surface area contributed by atoms with Crippen molar-refractivity contribution in [2.24, 2.45) is 0 Å². The summed E-state index contributed by atoms with van der Waals surface area (Å²) in [6.07, 6.45) is 3.32. The number of ether oxygens (including phenoxy) is 1. The SMILES string of the molecule is COc1cc(Cl)ccc1C(=O)N(CCN(C)C)Cc1cnc[nH]1.O=CO.O=CO. The molecule has 1 aromatic carbocycles. The van der Waals surface area contributed by atoms with Crippen LogP contribution in [0.2, 0.25) is 5.02 Å². The Morgan fingerprint density at radius 3 is 2.34 bits per heavy atom. The van der Waals surface area contributed by atoms with Crippen LogP contribution < -0.4 is 4.74 Å². The zero-order valence-corrected chi connectivity index (χ0v) is 17.2. The lowest BCUT2D eigenvalue weighted by molar-refractivity contribution is -0.123. The minimum atomic E-state index is -0.250. The Kier molecular flexibility index (Phi) is 13.3. The number of nitrogens with zero attached hydrogens (tertiary/aromatic N) is 3. The van der Waals surface area contributed by atoms with Crippen LogP contribution in [-0.2, 0) is 16.1 Å². The second-order valence-electron chi connectivity index (χ2n) is 5.66. The van der Waals surface area contributed by atoms with Gasteiger partial charge in [-0.2, -0.15) is 0 Å². The third kappa shape index (κ3) is 10.1. The molecular weight excluding hydrogens is 404 g/mol. The van der Waals surface area contributed by atoms with Crippen LogP contribution >= 0.6 is 11.6 Å². The van der Waals surface area contributed by atoms with Crippen molar-refractivity contribution in [2.45, 2.75) is 6.54 Å². The summed E-state index contributed by atoms with van der Waals surface area (Å²) < 4.78 is 5.30. The van der Waals surface area contributed by atoms with Crippen molar-refractivity contribution in [3.63, 3.8) is 0 Å². The first kappa shape index (κ1) is 25.9. The highest BCUT2D eigenvalue weighted by molar-refractivity contribution is 6.30. The summed E-state index contributed by atoms with van der Waals surface area (Å²) in [4.78, 5) is 40.5. The largest absolute Gasteiger partial charge is 0.496 e. The van der Waals surface area contributed by atoms with Gasteiger partial charge in [0, 0.05) is 24.3 Å². The number of methoxy groups -OCH3 is 1. The van der Waals surface area contributed by atoms with E-state index in [0.717, 1.165) is 12.2 Å². The van der Waals surface area contributed by atoms with Gasteiger partial charge in [-0.1, -0.05) is 11.6 Å². The molecule has 1 amide bonds. The van der Waals surface area contributed by atoms with Crippen LogP contribution in [0.3, 0.4) is 0 Å². The number of benzene rings is 1. The Balaban J connectivity index is 0.00000116. The summed E-state index contributed by atoms with van der Waals surface area (Å²) >= 11 is 5.97. The van der Waals surface area contributed by atoms with E-state index < -0.39 is 0 Å². The van der Waals surface area contributed by atoms with Gasteiger partial charge in [-0.15, -0.1) is 0 Å². The fourth-order valence-electron chi connectivity index (χ4n) is 2.16. The lowest BCUT2D eigenvalue weighted by atomic mass is 10.1. The molecule has 11 heteroatoms. The first-order valence-corrected chi connectivity index (χ1v) is 8.62. The van der Waals surface area contributed by atoms with Gasteiger partial charge in [0.15, 0.2) is 0 Å². The van der Waals surface area contributed by atoms with E-state index in [2.05, 4.69) is 9.97 Å². The first-order chi connectivity index (χ1) is 13.8. The molecule has 1 aromatic heterocycles. The van der Waals surface area contributed by atoms with Crippen LogP contribution in [0.5, 0.6) is 5.75 Å². The van der Waals surface area contributed by atoms with Crippen LogP contribution in [0.15, 0.2) is 30.7 Å². The molecule has 0 aliphatic heterocycles. The van der Waals surface area contributed by atoms with E-state index in [0.29, 0.717) is 29.4 Å². The number of likely N-dealkylation sites (N-methyl/N-ethyl adjacent to an activating group) is 1. The number of H-pyrrole nitrogens is 1. The fourth-order valence-corrected chi connectivity index (χ4v) is 2.32. The predicted molar refractivity (Wildman–Crippen MR) is 107 cm³/mol. The quantitative estimate of drug-likeness (QED) is 0.566. The van der Waals surface area contributed by atoms with E-state index in [4.69, 9.17) is 36.1 Å². The Morgan fingerprint density at radius 1 is 1.24 bits per heavy atom. The van der Waals surface area contributed by atoms with Gasteiger partial charge in [-0.3, -0.25) is 14.4 Å². The third-order valence-corrected chi connectivity index (χ3v) is 3.65. The van der Waals surface area contributed by atoms with Crippen LogP contribution in [0.25, 0.3) is 0 Å². The number of hydrogen-bond donors (Lipinski definition) is 3. The summed E-state index contributed by atoms with van der Waals surface area (Å²) in [5, 5.41) is 14.3. The summed E-state index contributed by atoms with van der Waals surface area (Å²) in [5.41, 5.74) is 1.38. The summed E-state index contributed by atoms with van der Waals surface area (Å²) in [6, 6.07) is 5.03. The lowest BCUT2D eigenvalue weighted by Gasteiger charge is -2.24. The molecule has 0 spiro atoms. The molecule has 0 saturated heterocycles. The molecule has 29 heavy (non-hydrogen) atoms. The van der Waals surface area contributed by atoms with Crippen molar-refractivity contribution < 1.29 is 29.3 Å². The average molecular weight is 429 g/mol. The summed E-state index contributed by atoms with van der Waals surface area (Å²) in [5.74, 6) is 0.372. The first-order valence-electron chi connectivity index (χ1n) is 8.25. The molecule has 0 unspecified atom stereocenters. The van der Waals surface area contributed by atoms with Gasteiger partial charge in [0.2, 0.25) is 0 Å². The van der Waals surface area contributed by atoms with Crippen molar-refractivity contribution >= 4 is 30.5 Å². The Labute approximate surface area is 173 Å². The van der Waals surface area contributed by atoms with E-state index in [1.165, 1.54) is 7.11 Å². The van der Waals surface area contributed by atoms with Gasteiger partial charge in [0.1, 0.15) is 5.75 Å². The molecule has 3 N–H and O–H groups in total. The van der Waals surface area contributed by atoms with Gasteiger partial charge in [-0.25, -0.2) is 4.98 Å². The molecule has 0 bridgehead atoms. The number of carbonyl (C=O) groups is 3. The molecular formula is C18H25ClN4O6. The van der Waals surface area contributed by atoms with Crippen LogP contribution in [0.1, 0.15) is 16.1 Å². The van der Waals surface area contributed by atoms with Crippen LogP contribution in [0.4, 0.5) is 0 Å². The number of aromatic nitrogens is 2. The van der Waals surface area contributed by atoms with Crippen molar-refractivity contribution in [3.8, 4) is 5.75 Å². The second kappa shape index (κ2) is 14.9. The Hall–Kier alpha value is -3.11. The second-order valence-corrected chi connectivity index (χ2v) is 6.10. The summed E-state index contributed by atoms with van der Waals surface area (Å²) in [6.45, 7) is 1.31.